The number of anilines is 4. The van der Waals surface area contributed by atoms with Crippen molar-refractivity contribution in [1.82, 2.24) is 29.1 Å². The first-order valence-corrected chi connectivity index (χ1v) is 18.6. The van der Waals surface area contributed by atoms with Crippen molar-refractivity contribution in [2.24, 2.45) is 0 Å². The summed E-state index contributed by atoms with van der Waals surface area (Å²) in [6.45, 7) is 8.93. The second-order valence-electron chi connectivity index (χ2n) is 14.3. The summed E-state index contributed by atoms with van der Waals surface area (Å²) >= 11 is 0. The Balaban J connectivity index is 1.02. The number of nitrogens with one attached hydrogen (secondary N) is 2. The molecule has 56 heavy (non-hydrogen) atoms. The molecular formula is C38H40F2N10O6. The number of pyridine rings is 2. The van der Waals surface area contributed by atoms with Gasteiger partial charge >= 0.3 is 12.0 Å². The lowest BCUT2D eigenvalue weighted by molar-refractivity contribution is -0.129. The van der Waals surface area contributed by atoms with Gasteiger partial charge in [-0.05, 0) is 44.0 Å². The number of fused-ring (bicyclic) bond motifs is 2. The van der Waals surface area contributed by atoms with Crippen molar-refractivity contribution < 1.29 is 27.6 Å². The molecule has 1 aliphatic carbocycles. The minimum atomic E-state index is -0.886. The third kappa shape index (κ3) is 6.79. The van der Waals surface area contributed by atoms with E-state index < -0.39 is 28.5 Å². The molecule has 0 atom stereocenters. The second kappa shape index (κ2) is 14.4. The van der Waals surface area contributed by atoms with E-state index >= 15 is 8.78 Å². The quantitative estimate of drug-likeness (QED) is 0.247. The number of benzene rings is 2. The fraction of sp³-hybridized carbons (Fsp3) is 0.395. The highest BCUT2D eigenvalue weighted by Crippen LogP contribution is 2.39. The van der Waals surface area contributed by atoms with Crippen molar-refractivity contribution in [3.8, 4) is 11.5 Å². The van der Waals surface area contributed by atoms with Crippen molar-refractivity contribution >= 4 is 62.7 Å². The number of nitrogens with zero attached hydrogens (tertiary/aromatic N) is 8. The minimum Gasteiger partial charge on any atom is -0.403 e. The first-order chi connectivity index (χ1) is 26.9. The van der Waals surface area contributed by atoms with E-state index in [1.54, 1.807) is 26.5 Å². The van der Waals surface area contributed by atoms with Crippen LogP contribution in [0.2, 0.25) is 0 Å². The maximum atomic E-state index is 15.6. The number of carbonyl (C=O) groups is 3. The Morgan fingerprint density at radius 3 is 1.84 bits per heavy atom. The SMILES string of the molecule is CCn1cc(-c2nnc(NC(=O)Nc3cn(C4CC4)c4cc(N5CCN(C(C)=O)CC5)c(F)cc4c3=O)o2)c(=O)c2cc(F)c(N3CCN(C(C)=O)CC3)cc21. The van der Waals surface area contributed by atoms with E-state index in [1.165, 1.54) is 38.4 Å². The van der Waals surface area contributed by atoms with Gasteiger partial charge in [-0.2, -0.15) is 0 Å². The lowest BCUT2D eigenvalue weighted by atomic mass is 10.1. The largest absolute Gasteiger partial charge is 0.403 e. The number of carbonyl (C=O) groups excluding carboxylic acids is 3. The molecule has 16 nitrogen and oxygen atoms in total. The predicted octanol–water partition coefficient (Wildman–Crippen LogP) is 3.98. The molecule has 18 heteroatoms. The number of aryl methyl sites for hydroxylation is 1. The highest BCUT2D eigenvalue weighted by atomic mass is 19.1. The van der Waals surface area contributed by atoms with Gasteiger partial charge in [-0.1, -0.05) is 5.10 Å². The zero-order chi connectivity index (χ0) is 39.4. The molecular weight excluding hydrogens is 730 g/mol. The first-order valence-electron chi connectivity index (χ1n) is 18.6. The standard InChI is InChI=1S/C38H40F2N10O6/c1-4-45-19-26(34(53)24-15-27(39)32(17-30(24)45)48-11-7-46(8-12-48)21(2)51)36-43-44-38(56-36)42-37(55)41-29-20-50(23-5-6-23)31-18-33(28(40)16-25(31)35(29)54)49-13-9-47(10-14-49)22(3)52/h15-20,23H,4-14H2,1-3H3,(H2,41,42,44,55). The van der Waals surface area contributed by atoms with Gasteiger partial charge in [0.05, 0.1) is 27.8 Å². The number of hydrogen-bond acceptors (Lipinski definition) is 10. The molecule has 0 unspecified atom stereocenters. The molecule has 2 aromatic carbocycles. The van der Waals surface area contributed by atoms with Crippen LogP contribution in [-0.4, -0.2) is 99.3 Å². The number of urea groups is 1. The van der Waals surface area contributed by atoms with Crippen molar-refractivity contribution in [1.29, 1.82) is 0 Å². The molecule has 2 saturated heterocycles. The summed E-state index contributed by atoms with van der Waals surface area (Å²) in [4.78, 5) is 71.2. The maximum absolute atomic E-state index is 15.6. The van der Waals surface area contributed by atoms with Crippen LogP contribution < -0.4 is 31.3 Å². The van der Waals surface area contributed by atoms with E-state index in [0.29, 0.717) is 81.3 Å². The van der Waals surface area contributed by atoms with E-state index in [2.05, 4.69) is 20.8 Å². The van der Waals surface area contributed by atoms with Gasteiger partial charge in [-0.25, -0.2) is 13.6 Å². The van der Waals surface area contributed by atoms with Crippen LogP contribution in [0.4, 0.5) is 36.7 Å². The Kier molecular flexibility index (Phi) is 9.41. The summed E-state index contributed by atoms with van der Waals surface area (Å²) in [5.74, 6) is -1.46. The summed E-state index contributed by atoms with van der Waals surface area (Å²) in [6.07, 6.45) is 4.76. The minimum absolute atomic E-state index is 0.00786. The summed E-state index contributed by atoms with van der Waals surface area (Å²) in [7, 11) is 0. The molecule has 5 heterocycles. The number of amides is 4. The normalized spacial score (nSPS) is 16.2. The Bertz CT molecular complexity index is 2530. The van der Waals surface area contributed by atoms with Crippen LogP contribution in [-0.2, 0) is 16.1 Å². The number of aromatic nitrogens is 4. The lowest BCUT2D eigenvalue weighted by Gasteiger charge is -2.36. The molecule has 2 aliphatic heterocycles. The Morgan fingerprint density at radius 2 is 1.30 bits per heavy atom. The molecule has 1 saturated carbocycles. The van der Waals surface area contributed by atoms with E-state index in [-0.39, 0.29) is 51.8 Å². The van der Waals surface area contributed by atoms with Gasteiger partial charge in [-0.15, -0.1) is 5.10 Å². The summed E-state index contributed by atoms with van der Waals surface area (Å²) in [6, 6.07) is 4.47. The van der Waals surface area contributed by atoms with Gasteiger partial charge in [0.25, 0.3) is 5.89 Å². The van der Waals surface area contributed by atoms with Gasteiger partial charge in [0.15, 0.2) is 0 Å². The third-order valence-corrected chi connectivity index (χ3v) is 10.8. The number of hydrogen-bond donors (Lipinski definition) is 2. The predicted molar refractivity (Wildman–Crippen MR) is 205 cm³/mol. The first kappa shape index (κ1) is 36.6. The molecule has 3 fully saturated rings. The van der Waals surface area contributed by atoms with Gasteiger partial charge < -0.3 is 38.5 Å². The fourth-order valence-electron chi connectivity index (χ4n) is 7.56. The Morgan fingerprint density at radius 1 is 0.750 bits per heavy atom. The van der Waals surface area contributed by atoms with Crippen LogP contribution in [0.1, 0.15) is 39.7 Å². The number of rotatable bonds is 7. The lowest BCUT2D eigenvalue weighted by Crippen LogP contribution is -2.48. The van der Waals surface area contributed by atoms with Crippen molar-refractivity contribution in [2.75, 3.05) is 72.8 Å². The van der Waals surface area contributed by atoms with Crippen LogP contribution in [0.5, 0.6) is 0 Å². The second-order valence-corrected chi connectivity index (χ2v) is 14.3. The average molecular weight is 771 g/mol. The maximum Gasteiger partial charge on any atom is 0.327 e. The van der Waals surface area contributed by atoms with Gasteiger partial charge in [0.1, 0.15) is 22.9 Å². The summed E-state index contributed by atoms with van der Waals surface area (Å²) in [5.41, 5.74) is 0.464. The molecule has 2 N–H and O–H groups in total. The van der Waals surface area contributed by atoms with E-state index in [1.807, 2.05) is 21.3 Å². The molecule has 292 valence electrons. The smallest absolute Gasteiger partial charge is 0.327 e. The monoisotopic (exact) mass is 770 g/mol. The van der Waals surface area contributed by atoms with Gasteiger partial charge in [0, 0.05) is 96.6 Å². The van der Waals surface area contributed by atoms with E-state index in [9.17, 15) is 24.0 Å². The molecule has 5 aromatic rings. The molecule has 3 aromatic heterocycles. The molecule has 0 spiro atoms. The van der Waals surface area contributed by atoms with Crippen LogP contribution in [0.15, 0.2) is 50.7 Å². The van der Waals surface area contributed by atoms with Crippen molar-refractivity contribution in [3.63, 3.8) is 0 Å². The molecule has 0 bridgehead atoms. The highest BCUT2D eigenvalue weighted by molar-refractivity contribution is 6.00. The van der Waals surface area contributed by atoms with Gasteiger partial charge in [0.2, 0.25) is 22.7 Å². The van der Waals surface area contributed by atoms with E-state index in [4.69, 9.17) is 4.42 Å². The molecule has 0 radical (unpaired) electrons. The third-order valence-electron chi connectivity index (χ3n) is 10.8. The summed E-state index contributed by atoms with van der Waals surface area (Å²) < 4.78 is 40.4. The number of piperazine rings is 2. The zero-order valence-corrected chi connectivity index (χ0v) is 31.1. The Hall–Kier alpha value is -6.33. The summed E-state index contributed by atoms with van der Waals surface area (Å²) in [5, 5.41) is 12.9. The van der Waals surface area contributed by atoms with Crippen LogP contribution >= 0.6 is 0 Å². The van der Waals surface area contributed by atoms with Crippen molar-refractivity contribution in [2.45, 2.75) is 46.2 Å². The van der Waals surface area contributed by atoms with Crippen LogP contribution in [0, 0.1) is 11.6 Å². The molecule has 3 aliphatic rings. The van der Waals surface area contributed by atoms with Crippen molar-refractivity contribution in [3.05, 3.63) is 68.7 Å². The van der Waals surface area contributed by atoms with E-state index in [0.717, 1.165) is 12.8 Å². The molecule has 8 rings (SSSR count). The fourth-order valence-corrected chi connectivity index (χ4v) is 7.56. The topological polar surface area (TPSA) is 171 Å². The van der Waals surface area contributed by atoms with Gasteiger partial charge in [-0.3, -0.25) is 24.5 Å². The highest BCUT2D eigenvalue weighted by Gasteiger charge is 2.29. The average Bonchev–Trinajstić information content (AvgIpc) is 3.93. The number of halogens is 2. The molecule has 4 amide bonds. The van der Waals surface area contributed by atoms with Crippen LogP contribution in [0.25, 0.3) is 33.3 Å². The zero-order valence-electron chi connectivity index (χ0n) is 31.1. The Labute approximate surface area is 318 Å². The van der Waals surface area contributed by atoms with Crippen LogP contribution in [0.3, 0.4) is 0 Å².